The van der Waals surface area contributed by atoms with Crippen molar-refractivity contribution >= 4 is 35.0 Å². The van der Waals surface area contributed by atoms with Crippen LogP contribution in [-0.4, -0.2) is 31.6 Å². The molecule has 7 heteroatoms. The summed E-state index contributed by atoms with van der Waals surface area (Å²) < 4.78 is 4.90. The monoisotopic (exact) mass is 304 g/mol. The maximum Gasteiger partial charge on any atom is 0.243 e. The fourth-order valence-corrected chi connectivity index (χ4v) is 1.74. The molecule has 0 heterocycles. The summed E-state index contributed by atoms with van der Waals surface area (Å²) in [4.78, 5) is 22.0. The van der Waals surface area contributed by atoms with E-state index in [1.807, 2.05) is 0 Å². The molecule has 19 heavy (non-hydrogen) atoms. The number of carbonyl (C=O) groups excluding carboxylic acids is 2. The molecule has 0 bridgehead atoms. The Bertz CT molecular complexity index is 466. The standard InChI is InChI=1S/C12H14Cl2N2O3/c13-9-3-1-2-8(12(9)14)6-11(18)16-4-5-19-7-10(15)17/h1-3H,4-7H2,(H2,15,17)(H,16,18). The van der Waals surface area contributed by atoms with Crippen LogP contribution in [0.4, 0.5) is 0 Å². The smallest absolute Gasteiger partial charge is 0.243 e. The number of carbonyl (C=O) groups is 2. The molecule has 0 spiro atoms. The minimum absolute atomic E-state index is 0.134. The predicted molar refractivity (Wildman–Crippen MR) is 73.2 cm³/mol. The molecule has 0 saturated heterocycles. The third kappa shape index (κ3) is 5.92. The molecule has 1 rings (SSSR count). The van der Waals surface area contributed by atoms with Gasteiger partial charge in [-0.25, -0.2) is 0 Å². The van der Waals surface area contributed by atoms with Gasteiger partial charge in [-0.1, -0.05) is 35.3 Å². The van der Waals surface area contributed by atoms with E-state index in [0.717, 1.165) is 0 Å². The number of hydrogen-bond donors (Lipinski definition) is 2. The average molecular weight is 305 g/mol. The molecule has 0 atom stereocenters. The number of hydrogen-bond acceptors (Lipinski definition) is 3. The van der Waals surface area contributed by atoms with Crippen LogP contribution in [0.15, 0.2) is 18.2 Å². The highest BCUT2D eigenvalue weighted by molar-refractivity contribution is 6.42. The van der Waals surface area contributed by atoms with E-state index < -0.39 is 5.91 Å². The third-order valence-electron chi connectivity index (χ3n) is 2.20. The lowest BCUT2D eigenvalue weighted by Gasteiger charge is -2.07. The zero-order chi connectivity index (χ0) is 14.3. The van der Waals surface area contributed by atoms with Gasteiger partial charge in [-0.05, 0) is 11.6 Å². The Labute approximate surface area is 121 Å². The summed E-state index contributed by atoms with van der Waals surface area (Å²) in [6.07, 6.45) is 0.134. The quantitative estimate of drug-likeness (QED) is 0.742. The van der Waals surface area contributed by atoms with Gasteiger partial charge in [-0.15, -0.1) is 0 Å². The van der Waals surface area contributed by atoms with Gasteiger partial charge in [0.2, 0.25) is 11.8 Å². The molecular weight excluding hydrogens is 291 g/mol. The van der Waals surface area contributed by atoms with Crippen LogP contribution in [0, 0.1) is 0 Å². The number of amides is 2. The lowest BCUT2D eigenvalue weighted by Crippen LogP contribution is -2.30. The van der Waals surface area contributed by atoms with Gasteiger partial charge in [0.05, 0.1) is 23.1 Å². The van der Waals surface area contributed by atoms with Crippen LogP contribution in [0.5, 0.6) is 0 Å². The van der Waals surface area contributed by atoms with Crippen molar-refractivity contribution < 1.29 is 14.3 Å². The molecule has 0 aliphatic carbocycles. The van der Waals surface area contributed by atoms with Crippen LogP contribution in [0.3, 0.4) is 0 Å². The van der Waals surface area contributed by atoms with Crippen LogP contribution in [-0.2, 0) is 20.7 Å². The molecule has 0 aromatic heterocycles. The molecule has 0 unspecified atom stereocenters. The van der Waals surface area contributed by atoms with Crippen molar-refractivity contribution in [2.75, 3.05) is 19.8 Å². The minimum atomic E-state index is -0.544. The Morgan fingerprint density at radius 2 is 2.05 bits per heavy atom. The molecule has 0 aliphatic heterocycles. The number of benzene rings is 1. The van der Waals surface area contributed by atoms with Gasteiger partial charge in [0.25, 0.3) is 0 Å². The van der Waals surface area contributed by atoms with Gasteiger partial charge in [-0.3, -0.25) is 9.59 Å². The maximum atomic E-state index is 11.6. The number of primary amides is 1. The molecule has 0 radical (unpaired) electrons. The number of ether oxygens (including phenoxy) is 1. The van der Waals surface area contributed by atoms with Crippen molar-refractivity contribution in [3.8, 4) is 0 Å². The summed E-state index contributed by atoms with van der Waals surface area (Å²) in [6.45, 7) is 0.359. The van der Waals surface area contributed by atoms with Crippen LogP contribution >= 0.6 is 23.2 Å². The van der Waals surface area contributed by atoms with E-state index in [2.05, 4.69) is 5.32 Å². The molecule has 0 aliphatic rings. The Hall–Kier alpha value is -1.30. The fourth-order valence-electron chi connectivity index (χ4n) is 1.36. The SMILES string of the molecule is NC(=O)COCCNC(=O)Cc1cccc(Cl)c1Cl. The first-order valence-electron chi connectivity index (χ1n) is 5.56. The first-order valence-corrected chi connectivity index (χ1v) is 6.32. The molecule has 2 amide bonds. The van der Waals surface area contributed by atoms with E-state index in [9.17, 15) is 9.59 Å². The molecule has 3 N–H and O–H groups in total. The topological polar surface area (TPSA) is 81.4 Å². The van der Waals surface area contributed by atoms with Gasteiger partial charge in [0.15, 0.2) is 0 Å². The molecule has 0 fully saturated rings. The Kier molecular flexibility index (Phi) is 6.62. The zero-order valence-corrected chi connectivity index (χ0v) is 11.6. The summed E-state index contributed by atoms with van der Waals surface area (Å²) in [6, 6.07) is 5.12. The number of nitrogens with one attached hydrogen (secondary N) is 1. The van der Waals surface area contributed by atoms with E-state index in [0.29, 0.717) is 22.2 Å². The van der Waals surface area contributed by atoms with Crippen LogP contribution in [0.2, 0.25) is 10.0 Å². The lowest BCUT2D eigenvalue weighted by atomic mass is 10.1. The van der Waals surface area contributed by atoms with Crippen molar-refractivity contribution in [1.82, 2.24) is 5.32 Å². The van der Waals surface area contributed by atoms with Crippen LogP contribution < -0.4 is 11.1 Å². The normalized spacial score (nSPS) is 10.2. The molecular formula is C12H14Cl2N2O3. The predicted octanol–water partition coefficient (Wildman–Crippen LogP) is 1.15. The van der Waals surface area contributed by atoms with E-state index in [-0.39, 0.29) is 25.5 Å². The van der Waals surface area contributed by atoms with Crippen LogP contribution in [0.1, 0.15) is 5.56 Å². The Morgan fingerprint density at radius 3 is 2.74 bits per heavy atom. The summed E-state index contributed by atoms with van der Waals surface area (Å²) in [5.41, 5.74) is 5.55. The van der Waals surface area contributed by atoms with Gasteiger partial charge in [0.1, 0.15) is 6.61 Å². The van der Waals surface area contributed by atoms with Crippen molar-refractivity contribution in [3.63, 3.8) is 0 Å². The van der Waals surface area contributed by atoms with Gasteiger partial charge in [-0.2, -0.15) is 0 Å². The molecule has 0 saturated carbocycles. The van der Waals surface area contributed by atoms with Crippen molar-refractivity contribution in [2.24, 2.45) is 5.73 Å². The van der Waals surface area contributed by atoms with E-state index >= 15 is 0 Å². The average Bonchev–Trinajstić information content (AvgIpc) is 2.34. The highest BCUT2D eigenvalue weighted by Gasteiger charge is 2.08. The largest absolute Gasteiger partial charge is 0.370 e. The number of halogens is 2. The number of nitrogens with two attached hydrogens (primary N) is 1. The van der Waals surface area contributed by atoms with Gasteiger partial charge < -0.3 is 15.8 Å². The first kappa shape index (κ1) is 15.8. The highest BCUT2D eigenvalue weighted by Crippen LogP contribution is 2.25. The van der Waals surface area contributed by atoms with Gasteiger partial charge in [0, 0.05) is 6.54 Å². The minimum Gasteiger partial charge on any atom is -0.370 e. The lowest BCUT2D eigenvalue weighted by molar-refractivity contribution is -0.122. The molecule has 104 valence electrons. The second-order valence-electron chi connectivity index (χ2n) is 3.76. The molecule has 1 aromatic rings. The zero-order valence-electron chi connectivity index (χ0n) is 10.1. The fraction of sp³-hybridized carbons (Fsp3) is 0.333. The highest BCUT2D eigenvalue weighted by atomic mass is 35.5. The van der Waals surface area contributed by atoms with E-state index in [1.165, 1.54) is 0 Å². The van der Waals surface area contributed by atoms with Crippen LogP contribution in [0.25, 0.3) is 0 Å². The Morgan fingerprint density at radius 1 is 1.32 bits per heavy atom. The van der Waals surface area contributed by atoms with E-state index in [1.54, 1.807) is 18.2 Å². The molecule has 1 aromatic carbocycles. The maximum absolute atomic E-state index is 11.6. The van der Waals surface area contributed by atoms with Crippen molar-refractivity contribution in [3.05, 3.63) is 33.8 Å². The Balaban J connectivity index is 2.31. The van der Waals surface area contributed by atoms with Gasteiger partial charge >= 0.3 is 0 Å². The van der Waals surface area contributed by atoms with Crippen molar-refractivity contribution in [2.45, 2.75) is 6.42 Å². The summed E-state index contributed by atoms with van der Waals surface area (Å²) >= 11 is 11.8. The van der Waals surface area contributed by atoms with E-state index in [4.69, 9.17) is 33.7 Å². The number of rotatable bonds is 7. The molecule has 5 nitrogen and oxygen atoms in total. The summed E-state index contributed by atoms with van der Waals surface area (Å²) in [7, 11) is 0. The summed E-state index contributed by atoms with van der Waals surface area (Å²) in [5.74, 6) is -0.746. The second kappa shape index (κ2) is 7.99. The third-order valence-corrected chi connectivity index (χ3v) is 3.05. The summed E-state index contributed by atoms with van der Waals surface area (Å²) in [5, 5.41) is 3.43. The second-order valence-corrected chi connectivity index (χ2v) is 4.54. The first-order chi connectivity index (χ1) is 9.00. The van der Waals surface area contributed by atoms with Crippen molar-refractivity contribution in [1.29, 1.82) is 0 Å².